The van der Waals surface area contributed by atoms with Crippen molar-refractivity contribution in [3.8, 4) is 0 Å². The van der Waals surface area contributed by atoms with Crippen molar-refractivity contribution >= 4 is 0 Å². The highest BCUT2D eigenvalue weighted by molar-refractivity contribution is 5.33. The largest absolute Gasteiger partial charge is 0.416 e. The molecule has 3 nitrogen and oxygen atoms in total. The summed E-state index contributed by atoms with van der Waals surface area (Å²) in [6.45, 7) is 8.74. The highest BCUT2D eigenvalue weighted by Gasteiger charge is 2.43. The highest BCUT2D eigenvalue weighted by atomic mass is 19.4. The van der Waals surface area contributed by atoms with Gasteiger partial charge >= 0.3 is 6.18 Å². The number of nitrogens with zero attached hydrogens (tertiary/aromatic N) is 1. The maximum atomic E-state index is 13.2. The number of halogens is 3. The fraction of sp³-hybridized carbons (Fsp3) is 0.700. The zero-order chi connectivity index (χ0) is 18.8. The average Bonchev–Trinajstić information content (AvgIpc) is 2.59. The topological polar surface area (TPSA) is 21.7 Å². The van der Waals surface area contributed by atoms with Gasteiger partial charge in [-0.3, -0.25) is 4.90 Å². The van der Waals surface area contributed by atoms with Crippen LogP contribution in [-0.4, -0.2) is 50.0 Å². The number of ether oxygens (including phenoxy) is 2. The minimum Gasteiger partial charge on any atom is -0.379 e. The number of alkyl halides is 3. The molecule has 0 amide bonds. The average molecular weight is 371 g/mol. The van der Waals surface area contributed by atoms with Crippen LogP contribution in [0.15, 0.2) is 24.3 Å². The summed E-state index contributed by atoms with van der Waals surface area (Å²) in [6, 6.07) is 5.90. The maximum Gasteiger partial charge on any atom is 0.416 e. The Kier molecular flexibility index (Phi) is 5.66. The minimum atomic E-state index is -4.32. The lowest BCUT2D eigenvalue weighted by Crippen LogP contribution is -2.47. The molecular weight excluding hydrogens is 343 g/mol. The lowest BCUT2D eigenvalue weighted by atomic mass is 9.67. The molecule has 0 radical (unpaired) electrons. The molecule has 26 heavy (non-hydrogen) atoms. The Morgan fingerprint density at radius 2 is 1.85 bits per heavy atom. The number of benzene rings is 1. The molecule has 0 spiro atoms. The summed E-state index contributed by atoms with van der Waals surface area (Å²) in [4.78, 5) is 2.35. The van der Waals surface area contributed by atoms with Crippen LogP contribution >= 0.6 is 0 Å². The van der Waals surface area contributed by atoms with Gasteiger partial charge in [-0.05, 0) is 51.3 Å². The third kappa shape index (κ3) is 4.59. The predicted molar refractivity (Wildman–Crippen MR) is 94.3 cm³/mol. The molecule has 1 aromatic rings. The summed E-state index contributed by atoms with van der Waals surface area (Å²) < 4.78 is 51.0. The standard InChI is InChI=1S/C20H28F3NO2/c1-18(2)15-19(7-11-26-18,6-8-24-9-12-25-13-10-24)16-4-3-5-17(14-16)20(21,22)23/h3-5,14H,6-13,15H2,1-2H3/t19-/m0/s1. The molecule has 146 valence electrons. The van der Waals surface area contributed by atoms with Gasteiger partial charge in [0.25, 0.3) is 0 Å². The SMILES string of the molecule is CC1(C)C[C@@](CCN2CCOCC2)(c2cccc(C(F)(F)F)c2)CCO1. The Morgan fingerprint density at radius 3 is 2.50 bits per heavy atom. The van der Waals surface area contributed by atoms with Gasteiger partial charge in [0.1, 0.15) is 0 Å². The molecule has 6 heteroatoms. The van der Waals surface area contributed by atoms with Crippen LogP contribution in [0.25, 0.3) is 0 Å². The molecule has 2 fully saturated rings. The van der Waals surface area contributed by atoms with Crippen molar-refractivity contribution in [2.75, 3.05) is 39.5 Å². The lowest BCUT2D eigenvalue weighted by molar-refractivity contribution is -0.137. The zero-order valence-electron chi connectivity index (χ0n) is 15.6. The molecular formula is C20H28F3NO2. The second kappa shape index (κ2) is 7.49. The van der Waals surface area contributed by atoms with Crippen molar-refractivity contribution in [3.63, 3.8) is 0 Å². The number of hydrogen-bond donors (Lipinski definition) is 0. The van der Waals surface area contributed by atoms with Crippen LogP contribution < -0.4 is 0 Å². The Labute approximate surface area is 153 Å². The van der Waals surface area contributed by atoms with Crippen molar-refractivity contribution < 1.29 is 22.6 Å². The van der Waals surface area contributed by atoms with Gasteiger partial charge in [0, 0.05) is 25.1 Å². The number of morpholine rings is 1. The van der Waals surface area contributed by atoms with Crippen LogP contribution in [0.5, 0.6) is 0 Å². The van der Waals surface area contributed by atoms with Gasteiger partial charge in [-0.25, -0.2) is 0 Å². The van der Waals surface area contributed by atoms with Crippen LogP contribution in [0, 0.1) is 0 Å². The van der Waals surface area contributed by atoms with E-state index in [-0.39, 0.29) is 11.0 Å². The molecule has 0 N–H and O–H groups in total. The molecule has 1 aromatic carbocycles. The maximum absolute atomic E-state index is 13.2. The summed E-state index contributed by atoms with van der Waals surface area (Å²) in [5.41, 5.74) is -0.402. The third-order valence-corrected chi connectivity index (χ3v) is 5.65. The number of hydrogen-bond acceptors (Lipinski definition) is 3. The van der Waals surface area contributed by atoms with Crippen LogP contribution in [-0.2, 0) is 21.1 Å². The van der Waals surface area contributed by atoms with E-state index < -0.39 is 11.7 Å². The molecule has 1 atom stereocenters. The van der Waals surface area contributed by atoms with E-state index >= 15 is 0 Å². The summed E-state index contributed by atoms with van der Waals surface area (Å²) >= 11 is 0. The Balaban J connectivity index is 1.87. The van der Waals surface area contributed by atoms with E-state index in [1.165, 1.54) is 12.1 Å². The van der Waals surface area contributed by atoms with Crippen LogP contribution in [0.4, 0.5) is 13.2 Å². The van der Waals surface area contributed by atoms with E-state index in [9.17, 15) is 13.2 Å². The van der Waals surface area contributed by atoms with Gasteiger partial charge in [-0.2, -0.15) is 13.2 Å². The Bertz CT molecular complexity index is 611. The first-order valence-electron chi connectivity index (χ1n) is 9.32. The fourth-order valence-electron chi connectivity index (χ4n) is 4.30. The van der Waals surface area contributed by atoms with Crippen LogP contribution in [0.3, 0.4) is 0 Å². The van der Waals surface area contributed by atoms with Crippen molar-refractivity contribution in [1.29, 1.82) is 0 Å². The normalized spacial score (nSPS) is 27.4. The van der Waals surface area contributed by atoms with E-state index in [0.29, 0.717) is 6.61 Å². The fourth-order valence-corrected chi connectivity index (χ4v) is 4.30. The van der Waals surface area contributed by atoms with Gasteiger partial charge in [0.05, 0.1) is 24.4 Å². The van der Waals surface area contributed by atoms with E-state index in [1.807, 2.05) is 19.9 Å². The molecule has 2 aliphatic rings. The molecule has 0 aliphatic carbocycles. The smallest absolute Gasteiger partial charge is 0.379 e. The first-order chi connectivity index (χ1) is 12.2. The van der Waals surface area contributed by atoms with E-state index in [2.05, 4.69) is 4.90 Å². The second-order valence-electron chi connectivity index (χ2n) is 8.10. The van der Waals surface area contributed by atoms with E-state index in [4.69, 9.17) is 9.47 Å². The first-order valence-corrected chi connectivity index (χ1v) is 9.32. The molecule has 2 heterocycles. The third-order valence-electron chi connectivity index (χ3n) is 5.65. The summed E-state index contributed by atoms with van der Waals surface area (Å²) in [5.74, 6) is 0. The summed E-state index contributed by atoms with van der Waals surface area (Å²) in [6.07, 6.45) is -2.00. The molecule has 2 saturated heterocycles. The van der Waals surface area contributed by atoms with Crippen LogP contribution in [0.2, 0.25) is 0 Å². The first kappa shape index (κ1) is 19.6. The highest BCUT2D eigenvalue weighted by Crippen LogP contribution is 2.45. The van der Waals surface area contributed by atoms with E-state index in [0.717, 1.165) is 63.7 Å². The molecule has 0 aromatic heterocycles. The Morgan fingerprint density at radius 1 is 1.12 bits per heavy atom. The van der Waals surface area contributed by atoms with Gasteiger partial charge in [0.15, 0.2) is 0 Å². The van der Waals surface area contributed by atoms with Crippen molar-refractivity contribution in [2.45, 2.75) is 50.3 Å². The van der Waals surface area contributed by atoms with Crippen LogP contribution in [0.1, 0.15) is 44.2 Å². The van der Waals surface area contributed by atoms with Crippen molar-refractivity contribution in [1.82, 2.24) is 4.90 Å². The molecule has 0 saturated carbocycles. The quantitative estimate of drug-likeness (QED) is 0.790. The van der Waals surface area contributed by atoms with Crippen molar-refractivity contribution in [2.24, 2.45) is 0 Å². The molecule has 3 rings (SSSR count). The van der Waals surface area contributed by atoms with Gasteiger partial charge in [-0.1, -0.05) is 18.2 Å². The van der Waals surface area contributed by atoms with Gasteiger partial charge < -0.3 is 9.47 Å². The molecule has 0 bridgehead atoms. The summed E-state index contributed by atoms with van der Waals surface area (Å²) in [7, 11) is 0. The summed E-state index contributed by atoms with van der Waals surface area (Å²) in [5, 5.41) is 0. The monoisotopic (exact) mass is 371 g/mol. The number of rotatable bonds is 4. The second-order valence-corrected chi connectivity index (χ2v) is 8.10. The minimum absolute atomic E-state index is 0.290. The van der Waals surface area contributed by atoms with Gasteiger partial charge in [-0.15, -0.1) is 0 Å². The Hall–Kier alpha value is -1.11. The lowest BCUT2D eigenvalue weighted by Gasteiger charge is -2.46. The van der Waals surface area contributed by atoms with Crippen molar-refractivity contribution in [3.05, 3.63) is 35.4 Å². The molecule has 2 aliphatic heterocycles. The van der Waals surface area contributed by atoms with Gasteiger partial charge in [0.2, 0.25) is 0 Å². The molecule has 0 unspecified atom stereocenters. The van der Waals surface area contributed by atoms with E-state index in [1.54, 1.807) is 0 Å². The zero-order valence-corrected chi connectivity index (χ0v) is 15.6. The predicted octanol–water partition coefficient (Wildman–Crippen LogP) is 4.25.